The Balaban J connectivity index is 0.00000312. The number of aliphatic imine (C=N–C) groups is 1. The van der Waals surface area contributed by atoms with Gasteiger partial charge in [-0.25, -0.2) is 4.99 Å². The van der Waals surface area contributed by atoms with E-state index in [9.17, 15) is 0 Å². The largest absolute Gasteiger partial charge is 0.497 e. The molecule has 0 saturated heterocycles. The number of rotatable bonds is 8. The fourth-order valence-corrected chi connectivity index (χ4v) is 3.23. The molecule has 2 rings (SSSR count). The maximum absolute atomic E-state index is 5.18. The standard InChI is InChI=1S/C19H27N3OS.HI/c1-4-20-19(21-13-15(2)12-18-6-5-11-24-18)22-14-16-7-9-17(23-3)10-8-16;/h5-11,15H,4,12-14H2,1-3H3,(H2,20,21,22);1H. The van der Waals surface area contributed by atoms with Crippen molar-refractivity contribution in [2.24, 2.45) is 10.9 Å². The molecule has 25 heavy (non-hydrogen) atoms. The van der Waals surface area contributed by atoms with E-state index < -0.39 is 0 Å². The molecule has 1 aromatic heterocycles. The van der Waals surface area contributed by atoms with Gasteiger partial charge in [-0.1, -0.05) is 25.1 Å². The molecule has 2 N–H and O–H groups in total. The van der Waals surface area contributed by atoms with E-state index in [1.807, 2.05) is 35.6 Å². The molecular weight excluding hydrogens is 445 g/mol. The van der Waals surface area contributed by atoms with Crippen LogP contribution in [0, 0.1) is 5.92 Å². The van der Waals surface area contributed by atoms with E-state index >= 15 is 0 Å². The molecule has 1 aromatic carbocycles. The number of ether oxygens (including phenoxy) is 1. The molecule has 0 radical (unpaired) electrons. The minimum atomic E-state index is 0. The van der Waals surface area contributed by atoms with Crippen LogP contribution in [0.25, 0.3) is 0 Å². The second-order valence-electron chi connectivity index (χ2n) is 5.81. The Morgan fingerprint density at radius 1 is 1.20 bits per heavy atom. The molecule has 0 saturated carbocycles. The molecule has 0 aliphatic heterocycles. The second kappa shape index (κ2) is 12.1. The molecule has 4 nitrogen and oxygen atoms in total. The molecule has 1 heterocycles. The number of nitrogens with zero attached hydrogens (tertiary/aromatic N) is 1. The Kier molecular flexibility index (Phi) is 10.6. The molecule has 138 valence electrons. The Morgan fingerprint density at radius 3 is 2.56 bits per heavy atom. The van der Waals surface area contributed by atoms with Crippen molar-refractivity contribution in [3.8, 4) is 5.75 Å². The lowest BCUT2D eigenvalue weighted by atomic mass is 10.1. The highest BCUT2D eigenvalue weighted by Gasteiger charge is 2.06. The predicted molar refractivity (Wildman–Crippen MR) is 118 cm³/mol. The summed E-state index contributed by atoms with van der Waals surface area (Å²) in [6, 6.07) is 12.3. The average molecular weight is 473 g/mol. The number of thiophene rings is 1. The van der Waals surface area contributed by atoms with Crippen molar-refractivity contribution in [3.05, 3.63) is 52.2 Å². The zero-order chi connectivity index (χ0) is 17.2. The number of hydrogen-bond acceptors (Lipinski definition) is 3. The Bertz CT molecular complexity index is 614. The summed E-state index contributed by atoms with van der Waals surface area (Å²) >= 11 is 1.82. The molecular formula is C19H28IN3OS. The van der Waals surface area contributed by atoms with Gasteiger partial charge in [0, 0.05) is 18.0 Å². The van der Waals surface area contributed by atoms with Crippen LogP contribution in [0.5, 0.6) is 5.75 Å². The predicted octanol–water partition coefficient (Wildman–Crippen LogP) is 4.31. The molecule has 0 bridgehead atoms. The highest BCUT2D eigenvalue weighted by molar-refractivity contribution is 14.0. The van der Waals surface area contributed by atoms with Crippen LogP contribution in [0.2, 0.25) is 0 Å². The van der Waals surface area contributed by atoms with Crippen LogP contribution in [0.3, 0.4) is 0 Å². The first-order valence-corrected chi connectivity index (χ1v) is 9.26. The maximum Gasteiger partial charge on any atom is 0.191 e. The van der Waals surface area contributed by atoms with Gasteiger partial charge in [-0.15, -0.1) is 35.3 Å². The van der Waals surface area contributed by atoms with Crippen LogP contribution in [-0.4, -0.2) is 26.2 Å². The number of benzene rings is 1. The maximum atomic E-state index is 5.18. The van der Waals surface area contributed by atoms with Crippen LogP contribution in [0.1, 0.15) is 24.3 Å². The van der Waals surface area contributed by atoms with Gasteiger partial charge in [-0.05, 0) is 48.4 Å². The van der Waals surface area contributed by atoms with Gasteiger partial charge in [0.1, 0.15) is 5.75 Å². The van der Waals surface area contributed by atoms with Crippen molar-refractivity contribution in [2.75, 3.05) is 20.2 Å². The van der Waals surface area contributed by atoms with Crippen molar-refractivity contribution in [1.82, 2.24) is 10.6 Å². The van der Waals surface area contributed by atoms with Crippen molar-refractivity contribution in [1.29, 1.82) is 0 Å². The molecule has 6 heteroatoms. The molecule has 0 fully saturated rings. The third-order valence-corrected chi connectivity index (χ3v) is 4.57. The summed E-state index contributed by atoms with van der Waals surface area (Å²) in [4.78, 5) is 6.10. The summed E-state index contributed by atoms with van der Waals surface area (Å²) in [5, 5.41) is 8.89. The molecule has 1 unspecified atom stereocenters. The normalized spacial score (nSPS) is 12.2. The minimum Gasteiger partial charge on any atom is -0.497 e. The zero-order valence-corrected chi connectivity index (χ0v) is 18.3. The summed E-state index contributed by atoms with van der Waals surface area (Å²) in [6.07, 6.45) is 1.10. The Labute approximate surface area is 172 Å². The summed E-state index contributed by atoms with van der Waals surface area (Å²) in [5.41, 5.74) is 1.17. The van der Waals surface area contributed by atoms with Gasteiger partial charge in [0.25, 0.3) is 0 Å². The fourth-order valence-electron chi connectivity index (χ4n) is 2.36. The number of nitrogens with one attached hydrogen (secondary N) is 2. The highest BCUT2D eigenvalue weighted by atomic mass is 127. The lowest BCUT2D eigenvalue weighted by Crippen LogP contribution is -2.39. The molecule has 0 aliphatic rings. The van der Waals surface area contributed by atoms with E-state index in [-0.39, 0.29) is 24.0 Å². The Morgan fingerprint density at radius 2 is 1.96 bits per heavy atom. The van der Waals surface area contributed by atoms with Gasteiger partial charge in [-0.2, -0.15) is 0 Å². The molecule has 0 spiro atoms. The number of hydrogen-bond donors (Lipinski definition) is 2. The van der Waals surface area contributed by atoms with Crippen molar-refractivity contribution in [3.63, 3.8) is 0 Å². The van der Waals surface area contributed by atoms with Gasteiger partial charge in [-0.3, -0.25) is 0 Å². The van der Waals surface area contributed by atoms with Crippen molar-refractivity contribution in [2.45, 2.75) is 26.8 Å². The first kappa shape index (κ1) is 21.8. The minimum absolute atomic E-state index is 0. The van der Waals surface area contributed by atoms with E-state index in [0.717, 1.165) is 31.2 Å². The number of halogens is 1. The highest BCUT2D eigenvalue weighted by Crippen LogP contribution is 2.14. The SMILES string of the molecule is CCNC(=NCc1ccc(OC)cc1)NCC(C)Cc1cccs1.I. The van der Waals surface area contributed by atoms with E-state index in [4.69, 9.17) is 4.74 Å². The van der Waals surface area contributed by atoms with E-state index in [1.165, 1.54) is 10.4 Å². The van der Waals surface area contributed by atoms with E-state index in [1.54, 1.807) is 7.11 Å². The van der Waals surface area contributed by atoms with E-state index in [0.29, 0.717) is 12.5 Å². The van der Waals surface area contributed by atoms with Gasteiger partial charge in [0.15, 0.2) is 5.96 Å². The second-order valence-corrected chi connectivity index (χ2v) is 6.85. The topological polar surface area (TPSA) is 45.7 Å². The molecule has 1 atom stereocenters. The van der Waals surface area contributed by atoms with Gasteiger partial charge in [0.05, 0.1) is 13.7 Å². The monoisotopic (exact) mass is 473 g/mol. The van der Waals surface area contributed by atoms with Crippen molar-refractivity contribution < 1.29 is 4.74 Å². The number of methoxy groups -OCH3 is 1. The summed E-state index contributed by atoms with van der Waals surface area (Å²) in [6.45, 7) is 6.76. The Hall–Kier alpha value is -1.28. The van der Waals surface area contributed by atoms with Crippen LogP contribution in [-0.2, 0) is 13.0 Å². The quantitative estimate of drug-likeness (QED) is 0.341. The fraction of sp³-hybridized carbons (Fsp3) is 0.421. The molecule has 0 amide bonds. The summed E-state index contributed by atoms with van der Waals surface area (Å²) in [5.74, 6) is 2.30. The summed E-state index contributed by atoms with van der Waals surface area (Å²) in [7, 11) is 1.68. The van der Waals surface area contributed by atoms with Crippen molar-refractivity contribution >= 4 is 41.3 Å². The van der Waals surface area contributed by atoms with Crippen LogP contribution >= 0.6 is 35.3 Å². The molecule has 2 aromatic rings. The van der Waals surface area contributed by atoms with Crippen LogP contribution < -0.4 is 15.4 Å². The third kappa shape index (κ3) is 8.09. The van der Waals surface area contributed by atoms with Gasteiger partial charge >= 0.3 is 0 Å². The third-order valence-electron chi connectivity index (χ3n) is 3.67. The van der Waals surface area contributed by atoms with Gasteiger partial charge < -0.3 is 15.4 Å². The van der Waals surface area contributed by atoms with Gasteiger partial charge in [0.2, 0.25) is 0 Å². The summed E-state index contributed by atoms with van der Waals surface area (Å²) < 4.78 is 5.18. The zero-order valence-electron chi connectivity index (χ0n) is 15.1. The average Bonchev–Trinajstić information content (AvgIpc) is 3.10. The smallest absolute Gasteiger partial charge is 0.191 e. The number of guanidine groups is 1. The first-order chi connectivity index (χ1) is 11.7. The lowest BCUT2D eigenvalue weighted by molar-refractivity contribution is 0.414. The first-order valence-electron chi connectivity index (χ1n) is 8.38. The van der Waals surface area contributed by atoms with Crippen LogP contribution in [0.15, 0.2) is 46.8 Å². The van der Waals surface area contributed by atoms with Crippen LogP contribution in [0.4, 0.5) is 0 Å². The lowest BCUT2D eigenvalue weighted by Gasteiger charge is -2.15. The van der Waals surface area contributed by atoms with E-state index in [2.05, 4.69) is 47.0 Å². The molecule has 0 aliphatic carbocycles.